The molecule has 0 unspecified atom stereocenters. The number of aryl methyl sites for hydroxylation is 1. The van der Waals surface area contributed by atoms with Crippen LogP contribution in [0.1, 0.15) is 41.4 Å². The number of amides is 2. The van der Waals surface area contributed by atoms with Crippen molar-refractivity contribution < 1.29 is 9.59 Å². The Morgan fingerprint density at radius 3 is 2.50 bits per heavy atom. The van der Waals surface area contributed by atoms with Crippen LogP contribution in [-0.2, 0) is 0 Å². The van der Waals surface area contributed by atoms with Crippen molar-refractivity contribution >= 4 is 63.2 Å². The van der Waals surface area contributed by atoms with Crippen LogP contribution in [0.4, 0.5) is 22.0 Å². The number of hydrogen-bond donors (Lipinski definition) is 3. The molecule has 4 rings (SSSR count). The molecule has 0 spiro atoms. The summed E-state index contributed by atoms with van der Waals surface area (Å²) in [5.41, 5.74) is 9.08. The molecule has 2 amide bonds. The third-order valence-corrected chi connectivity index (χ3v) is 5.93. The van der Waals surface area contributed by atoms with Crippen LogP contribution < -0.4 is 16.4 Å². The minimum atomic E-state index is -0.522. The maximum atomic E-state index is 13.5. The Bertz CT molecular complexity index is 1430. The van der Waals surface area contributed by atoms with E-state index in [0.717, 1.165) is 5.56 Å². The number of urea groups is 1. The van der Waals surface area contributed by atoms with E-state index >= 15 is 0 Å². The van der Waals surface area contributed by atoms with Crippen molar-refractivity contribution in [3.63, 3.8) is 0 Å². The van der Waals surface area contributed by atoms with E-state index in [4.69, 9.17) is 28.9 Å². The van der Waals surface area contributed by atoms with E-state index in [0.29, 0.717) is 43.6 Å². The van der Waals surface area contributed by atoms with E-state index in [1.54, 1.807) is 42.6 Å². The normalized spacial score (nSPS) is 11.1. The summed E-state index contributed by atoms with van der Waals surface area (Å²) in [5, 5.41) is 6.72. The van der Waals surface area contributed by atoms with E-state index in [1.165, 1.54) is 6.33 Å². The molecular formula is C24H22Cl2N6O2. The predicted octanol–water partition coefficient (Wildman–Crippen LogP) is 6.08. The topological polar surface area (TPSA) is 115 Å². The number of fused-ring (bicyclic) bond motifs is 1. The lowest BCUT2D eigenvalue weighted by molar-refractivity contribution is 0.104. The van der Waals surface area contributed by atoms with Crippen molar-refractivity contribution in [3.8, 4) is 0 Å². The molecule has 0 aliphatic rings. The van der Waals surface area contributed by atoms with E-state index < -0.39 is 6.03 Å². The highest BCUT2D eigenvalue weighted by Crippen LogP contribution is 2.30. The van der Waals surface area contributed by atoms with E-state index in [1.807, 2.05) is 25.3 Å². The first-order chi connectivity index (χ1) is 16.2. The molecule has 4 aromatic rings. The largest absolute Gasteiger partial charge is 0.383 e. The number of ketones is 1. The zero-order valence-corrected chi connectivity index (χ0v) is 20.2. The Morgan fingerprint density at radius 2 is 1.76 bits per heavy atom. The van der Waals surface area contributed by atoms with Gasteiger partial charge in [0, 0.05) is 28.5 Å². The third-order valence-electron chi connectivity index (χ3n) is 5.36. The summed E-state index contributed by atoms with van der Waals surface area (Å²) in [7, 11) is 0. The molecule has 174 valence electrons. The average Bonchev–Trinajstić information content (AvgIpc) is 3.18. The summed E-state index contributed by atoms with van der Waals surface area (Å²) in [6.07, 6.45) is 3.12. The number of benzene rings is 2. The van der Waals surface area contributed by atoms with Gasteiger partial charge in [-0.05, 0) is 50.6 Å². The highest BCUT2D eigenvalue weighted by Gasteiger charge is 2.22. The van der Waals surface area contributed by atoms with Crippen LogP contribution in [-0.4, -0.2) is 26.3 Å². The number of aromatic nitrogens is 3. The van der Waals surface area contributed by atoms with Crippen molar-refractivity contribution in [3.05, 3.63) is 75.7 Å². The van der Waals surface area contributed by atoms with Crippen LogP contribution in [0, 0.1) is 6.92 Å². The minimum absolute atomic E-state index is 0.0654. The number of carbonyl (C=O) groups excluding carboxylic acids is 2. The fourth-order valence-electron chi connectivity index (χ4n) is 3.60. The molecule has 8 nitrogen and oxygen atoms in total. The summed E-state index contributed by atoms with van der Waals surface area (Å²) in [5.74, 6) is -0.0248. The Hall–Kier alpha value is -3.62. The monoisotopic (exact) mass is 496 g/mol. The number of halogens is 2. The second-order valence-electron chi connectivity index (χ2n) is 8.06. The summed E-state index contributed by atoms with van der Waals surface area (Å²) >= 11 is 12.1. The number of rotatable bonds is 5. The molecule has 10 heteroatoms. The number of anilines is 3. The number of nitrogens with two attached hydrogens (primary N) is 1. The van der Waals surface area contributed by atoms with Crippen LogP contribution in [0.5, 0.6) is 0 Å². The summed E-state index contributed by atoms with van der Waals surface area (Å²) in [4.78, 5) is 34.5. The Morgan fingerprint density at radius 1 is 1.03 bits per heavy atom. The van der Waals surface area contributed by atoms with E-state index in [-0.39, 0.29) is 17.6 Å². The quantitative estimate of drug-likeness (QED) is 0.289. The maximum absolute atomic E-state index is 13.5. The molecule has 2 aromatic heterocycles. The van der Waals surface area contributed by atoms with Crippen LogP contribution in [0.25, 0.3) is 11.0 Å². The number of carbonyl (C=O) groups is 2. The highest BCUT2D eigenvalue weighted by molar-refractivity contribution is 6.35. The van der Waals surface area contributed by atoms with Gasteiger partial charge in [0.2, 0.25) is 0 Å². The first kappa shape index (κ1) is 23.5. The second kappa shape index (κ2) is 9.32. The van der Waals surface area contributed by atoms with Gasteiger partial charge in [-0.1, -0.05) is 35.3 Å². The van der Waals surface area contributed by atoms with E-state index in [2.05, 4.69) is 20.6 Å². The van der Waals surface area contributed by atoms with Gasteiger partial charge in [-0.25, -0.2) is 14.8 Å². The van der Waals surface area contributed by atoms with Gasteiger partial charge in [0.25, 0.3) is 0 Å². The van der Waals surface area contributed by atoms with Gasteiger partial charge in [-0.15, -0.1) is 0 Å². The first-order valence-electron chi connectivity index (χ1n) is 10.4. The SMILES string of the molecule is Cc1ccc(C(=O)c2cn(C(C)C)c3ncnc(N)c23)cc1NC(=O)Nc1cc(Cl)ccc1Cl. The van der Waals surface area contributed by atoms with Gasteiger partial charge in [0.1, 0.15) is 17.8 Å². The molecule has 0 saturated carbocycles. The second-order valence-corrected chi connectivity index (χ2v) is 8.91. The van der Waals surface area contributed by atoms with Gasteiger partial charge in [0.15, 0.2) is 5.78 Å². The van der Waals surface area contributed by atoms with Crippen LogP contribution in [0.15, 0.2) is 48.9 Å². The van der Waals surface area contributed by atoms with Crippen molar-refractivity contribution in [2.45, 2.75) is 26.8 Å². The minimum Gasteiger partial charge on any atom is -0.383 e. The summed E-state index contributed by atoms with van der Waals surface area (Å²) in [6.45, 7) is 5.81. The number of hydrogen-bond acceptors (Lipinski definition) is 5. The molecule has 0 aliphatic heterocycles. The van der Waals surface area contributed by atoms with Gasteiger partial charge in [0.05, 0.1) is 21.7 Å². The molecule has 0 atom stereocenters. The lowest BCUT2D eigenvalue weighted by Gasteiger charge is -2.12. The van der Waals surface area contributed by atoms with E-state index in [9.17, 15) is 9.59 Å². The van der Waals surface area contributed by atoms with Gasteiger partial charge in [-0.2, -0.15) is 0 Å². The molecule has 34 heavy (non-hydrogen) atoms. The zero-order chi connectivity index (χ0) is 24.6. The average molecular weight is 497 g/mol. The molecule has 0 saturated heterocycles. The van der Waals surface area contributed by atoms with Gasteiger partial charge < -0.3 is 20.9 Å². The number of nitrogens with one attached hydrogen (secondary N) is 2. The van der Waals surface area contributed by atoms with Crippen molar-refractivity contribution in [2.75, 3.05) is 16.4 Å². The predicted molar refractivity (Wildman–Crippen MR) is 136 cm³/mol. The highest BCUT2D eigenvalue weighted by atomic mass is 35.5. The fraction of sp³-hybridized carbons (Fsp3) is 0.167. The molecule has 0 radical (unpaired) electrons. The standard InChI is InChI=1S/C24H22Cl2N6O2/c1-12(2)32-10-16(20-22(27)28-11-29-23(20)32)21(33)14-5-4-13(3)18(8-14)30-24(34)31-19-9-15(25)6-7-17(19)26/h4-12H,1-3H3,(H2,27,28,29)(H2,30,31,34). The molecule has 4 N–H and O–H groups in total. The number of nitrogen functional groups attached to an aromatic ring is 1. The fourth-order valence-corrected chi connectivity index (χ4v) is 3.93. The number of nitrogens with zero attached hydrogens (tertiary/aromatic N) is 3. The van der Waals surface area contributed by atoms with Crippen molar-refractivity contribution in [2.24, 2.45) is 0 Å². The maximum Gasteiger partial charge on any atom is 0.323 e. The van der Waals surface area contributed by atoms with Gasteiger partial charge >= 0.3 is 6.03 Å². The summed E-state index contributed by atoms with van der Waals surface area (Å²) in [6, 6.07) is 9.39. The molecular weight excluding hydrogens is 475 g/mol. The van der Waals surface area contributed by atoms with Crippen LogP contribution >= 0.6 is 23.2 Å². The lowest BCUT2D eigenvalue weighted by Crippen LogP contribution is -2.20. The van der Waals surface area contributed by atoms with Crippen LogP contribution in [0.2, 0.25) is 10.0 Å². The Labute approximate surface area is 206 Å². The zero-order valence-electron chi connectivity index (χ0n) is 18.7. The molecule has 2 heterocycles. The summed E-state index contributed by atoms with van der Waals surface area (Å²) < 4.78 is 1.89. The van der Waals surface area contributed by atoms with Crippen LogP contribution in [0.3, 0.4) is 0 Å². The van der Waals surface area contributed by atoms with Gasteiger partial charge in [-0.3, -0.25) is 4.79 Å². The third kappa shape index (κ3) is 4.55. The Balaban J connectivity index is 1.65. The van der Waals surface area contributed by atoms with Crippen molar-refractivity contribution in [1.29, 1.82) is 0 Å². The smallest absolute Gasteiger partial charge is 0.323 e. The molecule has 0 aliphatic carbocycles. The molecule has 0 fully saturated rings. The lowest BCUT2D eigenvalue weighted by atomic mass is 10.0. The molecule has 0 bridgehead atoms. The molecule has 2 aromatic carbocycles. The Kier molecular flexibility index (Phi) is 6.45. The van der Waals surface area contributed by atoms with Crippen molar-refractivity contribution in [1.82, 2.24) is 14.5 Å². The first-order valence-corrected chi connectivity index (χ1v) is 11.2.